The second-order valence-corrected chi connectivity index (χ2v) is 7.11. The Hall–Kier alpha value is -0.120. The van der Waals surface area contributed by atoms with Crippen molar-refractivity contribution in [3.8, 4) is 0 Å². The predicted octanol–water partition coefficient (Wildman–Crippen LogP) is 2.18. The van der Waals surface area contributed by atoms with E-state index < -0.39 is 0 Å². The van der Waals surface area contributed by atoms with Crippen molar-refractivity contribution in [1.29, 1.82) is 0 Å². The van der Waals surface area contributed by atoms with Crippen LogP contribution in [0.15, 0.2) is 0 Å². The van der Waals surface area contributed by atoms with E-state index in [9.17, 15) is 0 Å². The number of hydrogen-bond acceptors (Lipinski definition) is 3. The van der Waals surface area contributed by atoms with E-state index in [1.165, 1.54) is 58.2 Å². The van der Waals surface area contributed by atoms with Gasteiger partial charge in [0, 0.05) is 24.7 Å². The van der Waals surface area contributed by atoms with Crippen molar-refractivity contribution >= 4 is 0 Å². The topological polar surface area (TPSA) is 18.5 Å². The zero-order valence-corrected chi connectivity index (χ0v) is 13.4. The third-order valence-corrected chi connectivity index (χ3v) is 5.56. The Balaban J connectivity index is 1.82. The first-order valence-corrected chi connectivity index (χ1v) is 8.14. The van der Waals surface area contributed by atoms with Gasteiger partial charge in [0.15, 0.2) is 0 Å². The van der Waals surface area contributed by atoms with Crippen LogP contribution in [0.25, 0.3) is 0 Å². The lowest BCUT2D eigenvalue weighted by Crippen LogP contribution is -2.47. The van der Waals surface area contributed by atoms with Crippen molar-refractivity contribution < 1.29 is 0 Å². The predicted molar refractivity (Wildman–Crippen MR) is 82.6 cm³/mol. The molecule has 1 aliphatic heterocycles. The first-order chi connectivity index (χ1) is 9.06. The zero-order chi connectivity index (χ0) is 13.9. The third-order valence-electron chi connectivity index (χ3n) is 5.56. The van der Waals surface area contributed by atoms with E-state index in [4.69, 9.17) is 0 Å². The monoisotopic (exact) mass is 267 g/mol. The smallest absolute Gasteiger partial charge is 0.0254 e. The van der Waals surface area contributed by atoms with Gasteiger partial charge >= 0.3 is 0 Å². The van der Waals surface area contributed by atoms with E-state index in [1.54, 1.807) is 0 Å². The molecule has 2 aliphatic rings. The van der Waals surface area contributed by atoms with Crippen molar-refractivity contribution in [3.63, 3.8) is 0 Å². The van der Waals surface area contributed by atoms with Crippen LogP contribution in [0.5, 0.6) is 0 Å². The minimum Gasteiger partial charge on any atom is -0.314 e. The minimum atomic E-state index is 0.442. The van der Waals surface area contributed by atoms with E-state index in [1.807, 2.05) is 0 Å². The van der Waals surface area contributed by atoms with Gasteiger partial charge in [-0.25, -0.2) is 0 Å². The van der Waals surface area contributed by atoms with Gasteiger partial charge in [0.1, 0.15) is 0 Å². The molecule has 3 nitrogen and oxygen atoms in total. The summed E-state index contributed by atoms with van der Waals surface area (Å²) >= 11 is 0. The van der Waals surface area contributed by atoms with Gasteiger partial charge < -0.3 is 15.1 Å². The van der Waals surface area contributed by atoms with Crippen LogP contribution in [-0.4, -0.2) is 62.2 Å². The standard InChI is InChI=1S/C16H33N3/c1-14-12-19(13-15(14)18(3)4)11-10-16(17-2)8-6-5-7-9-16/h14-15,17H,5-13H2,1-4H3. The minimum absolute atomic E-state index is 0.442. The molecular weight excluding hydrogens is 234 g/mol. The lowest BCUT2D eigenvalue weighted by atomic mass is 9.79. The van der Waals surface area contributed by atoms with Crippen LogP contribution >= 0.6 is 0 Å². The van der Waals surface area contributed by atoms with Crippen molar-refractivity contribution in [2.45, 2.75) is 57.0 Å². The molecule has 1 saturated carbocycles. The average Bonchev–Trinajstić information content (AvgIpc) is 2.79. The number of hydrogen-bond donors (Lipinski definition) is 1. The molecule has 0 spiro atoms. The molecule has 0 aromatic heterocycles. The second kappa shape index (κ2) is 6.55. The van der Waals surface area contributed by atoms with E-state index in [2.05, 4.69) is 43.2 Å². The SMILES string of the molecule is CNC1(CCN2CC(C)C(N(C)C)C2)CCCCC1. The Morgan fingerprint density at radius 3 is 2.37 bits per heavy atom. The zero-order valence-electron chi connectivity index (χ0n) is 13.4. The lowest BCUT2D eigenvalue weighted by molar-refractivity contribution is 0.190. The molecule has 0 amide bonds. The van der Waals surface area contributed by atoms with E-state index >= 15 is 0 Å². The van der Waals surface area contributed by atoms with Gasteiger partial charge in [-0.2, -0.15) is 0 Å². The molecule has 0 aromatic carbocycles. The van der Waals surface area contributed by atoms with Gasteiger partial charge in [0.05, 0.1) is 0 Å². The number of nitrogens with zero attached hydrogens (tertiary/aromatic N) is 2. The number of likely N-dealkylation sites (tertiary alicyclic amines) is 1. The third kappa shape index (κ3) is 3.71. The largest absolute Gasteiger partial charge is 0.314 e. The Labute approximate surface area is 119 Å². The van der Waals surface area contributed by atoms with Crippen LogP contribution in [0, 0.1) is 5.92 Å². The maximum Gasteiger partial charge on any atom is 0.0254 e. The lowest BCUT2D eigenvalue weighted by Gasteiger charge is -2.38. The van der Waals surface area contributed by atoms with Gasteiger partial charge in [-0.1, -0.05) is 26.2 Å². The fraction of sp³-hybridized carbons (Fsp3) is 1.00. The van der Waals surface area contributed by atoms with Crippen LogP contribution in [-0.2, 0) is 0 Å². The molecule has 1 N–H and O–H groups in total. The second-order valence-electron chi connectivity index (χ2n) is 7.11. The summed E-state index contributed by atoms with van der Waals surface area (Å²) in [5.41, 5.74) is 0.442. The van der Waals surface area contributed by atoms with Gasteiger partial charge in [0.25, 0.3) is 0 Å². The summed E-state index contributed by atoms with van der Waals surface area (Å²) in [6.45, 7) is 6.21. The van der Waals surface area contributed by atoms with Crippen molar-refractivity contribution in [2.24, 2.45) is 5.92 Å². The molecule has 1 heterocycles. The van der Waals surface area contributed by atoms with Crippen molar-refractivity contribution in [3.05, 3.63) is 0 Å². The highest BCUT2D eigenvalue weighted by molar-refractivity contribution is 4.93. The van der Waals surface area contributed by atoms with Gasteiger partial charge in [-0.05, 0) is 52.9 Å². The molecule has 2 unspecified atom stereocenters. The van der Waals surface area contributed by atoms with Crippen molar-refractivity contribution in [1.82, 2.24) is 15.1 Å². The molecule has 2 atom stereocenters. The maximum atomic E-state index is 3.65. The maximum absolute atomic E-state index is 3.65. The first-order valence-electron chi connectivity index (χ1n) is 8.14. The number of rotatable bonds is 5. The number of likely N-dealkylation sites (N-methyl/N-ethyl adjacent to an activating group) is 1. The molecule has 2 rings (SSSR count). The molecule has 0 radical (unpaired) electrons. The van der Waals surface area contributed by atoms with E-state index in [0.29, 0.717) is 5.54 Å². The Morgan fingerprint density at radius 2 is 1.84 bits per heavy atom. The molecule has 1 aliphatic carbocycles. The molecule has 0 aromatic rings. The highest BCUT2D eigenvalue weighted by Crippen LogP contribution is 2.31. The van der Waals surface area contributed by atoms with Crippen LogP contribution in [0.3, 0.4) is 0 Å². The average molecular weight is 267 g/mol. The molecule has 2 fully saturated rings. The van der Waals surface area contributed by atoms with E-state index in [0.717, 1.165) is 12.0 Å². The molecule has 112 valence electrons. The van der Waals surface area contributed by atoms with Crippen LogP contribution in [0.2, 0.25) is 0 Å². The quantitative estimate of drug-likeness (QED) is 0.824. The van der Waals surface area contributed by atoms with Gasteiger partial charge in [0.2, 0.25) is 0 Å². The number of nitrogens with one attached hydrogen (secondary N) is 1. The van der Waals surface area contributed by atoms with E-state index in [-0.39, 0.29) is 0 Å². The van der Waals surface area contributed by atoms with Crippen LogP contribution in [0.4, 0.5) is 0 Å². The van der Waals surface area contributed by atoms with Gasteiger partial charge in [-0.3, -0.25) is 0 Å². The fourth-order valence-corrected chi connectivity index (χ4v) is 4.13. The summed E-state index contributed by atoms with van der Waals surface area (Å²) < 4.78 is 0. The summed E-state index contributed by atoms with van der Waals surface area (Å²) in [4.78, 5) is 5.09. The molecule has 1 saturated heterocycles. The van der Waals surface area contributed by atoms with Gasteiger partial charge in [-0.15, -0.1) is 0 Å². The first kappa shape index (κ1) is 15.3. The Bertz CT molecular complexity index is 271. The molecule has 19 heavy (non-hydrogen) atoms. The molecule has 3 heteroatoms. The summed E-state index contributed by atoms with van der Waals surface area (Å²) in [6, 6.07) is 0.747. The van der Waals surface area contributed by atoms with Crippen LogP contribution in [0.1, 0.15) is 45.4 Å². The van der Waals surface area contributed by atoms with Crippen molar-refractivity contribution in [2.75, 3.05) is 40.8 Å². The summed E-state index contributed by atoms with van der Waals surface area (Å²) in [5, 5.41) is 3.65. The molecule has 0 bridgehead atoms. The normalized spacial score (nSPS) is 32.1. The van der Waals surface area contributed by atoms with Crippen LogP contribution < -0.4 is 5.32 Å². The molecular formula is C16H33N3. The highest BCUT2D eigenvalue weighted by atomic mass is 15.2. The summed E-state index contributed by atoms with van der Waals surface area (Å²) in [5.74, 6) is 0.812. The highest BCUT2D eigenvalue weighted by Gasteiger charge is 2.34. The fourth-order valence-electron chi connectivity index (χ4n) is 4.13. The summed E-state index contributed by atoms with van der Waals surface area (Å²) in [6.07, 6.45) is 8.35. The Morgan fingerprint density at radius 1 is 1.16 bits per heavy atom. The summed E-state index contributed by atoms with van der Waals surface area (Å²) in [7, 11) is 6.61. The Kier molecular flexibility index (Phi) is 5.27.